The van der Waals surface area contributed by atoms with Crippen LogP contribution in [0, 0.1) is 0 Å². The van der Waals surface area contributed by atoms with E-state index >= 15 is 14.4 Å². The largest absolute Gasteiger partial charge is 0.321 e. The Balaban J connectivity index is 1.42. The van der Waals surface area contributed by atoms with Gasteiger partial charge in [-0.25, -0.2) is 0 Å². The summed E-state index contributed by atoms with van der Waals surface area (Å²) >= 11 is 0. The van der Waals surface area contributed by atoms with E-state index in [1.54, 1.807) is 6.20 Å². The molecule has 80 heavy (non-hydrogen) atoms. The van der Waals surface area contributed by atoms with E-state index in [0.29, 0.717) is 40.2 Å². The molecule has 0 aliphatic carbocycles. The first-order valence-corrected chi connectivity index (χ1v) is 28.5. The van der Waals surface area contributed by atoms with Crippen LogP contribution in [0.2, 0.25) is 0 Å². The highest BCUT2D eigenvalue weighted by molar-refractivity contribution is 6.47. The Morgan fingerprint density at radius 3 is 1.16 bits per heavy atom. The number of rotatable bonds is 8. The Labute approximate surface area is 469 Å². The maximum absolute atomic E-state index is 15.5. The molecule has 12 rings (SSSR count). The van der Waals surface area contributed by atoms with Gasteiger partial charge in [-0.1, -0.05) is 200 Å². The molecule has 9 aromatic carbocycles. The van der Waals surface area contributed by atoms with Crippen molar-refractivity contribution in [2.45, 2.75) is 125 Å². The molecule has 11 aromatic rings. The minimum Gasteiger partial charge on any atom is -0.321 e. The molecule has 1 aliphatic rings. The Kier molecular flexibility index (Phi) is 12.3. The van der Waals surface area contributed by atoms with Crippen LogP contribution in [0.3, 0.4) is 0 Å². The molecule has 1 aliphatic heterocycles. The van der Waals surface area contributed by atoms with Crippen LogP contribution in [0.25, 0.3) is 104 Å². The van der Waals surface area contributed by atoms with E-state index in [9.17, 15) is 0 Å². The lowest BCUT2D eigenvalue weighted by atomic mass is 9.75. The van der Waals surface area contributed by atoms with Gasteiger partial charge in [0.15, 0.2) is 0 Å². The molecule has 6 nitrogen and oxygen atoms in total. The molecule has 2 aromatic heterocycles. The first kappa shape index (κ1) is 52.5. The topological polar surface area (TPSA) is 83.1 Å². The lowest BCUT2D eigenvalue weighted by molar-refractivity contribution is 0.0608. The van der Waals surface area contributed by atoms with Gasteiger partial charge in [-0.2, -0.15) is 0 Å². The number of H-pyrrole nitrogens is 1. The van der Waals surface area contributed by atoms with Gasteiger partial charge in [0.1, 0.15) is 0 Å². The van der Waals surface area contributed by atoms with Gasteiger partial charge in [0.25, 0.3) is 17.4 Å². The average molecular weight is 1050 g/mol. The number of hydrogen-bond acceptors (Lipinski definition) is 4. The number of carbonyl (C=O) groups is 2. The van der Waals surface area contributed by atoms with Crippen molar-refractivity contribution in [1.82, 2.24) is 14.9 Å². The summed E-state index contributed by atoms with van der Waals surface area (Å²) in [4.78, 5) is 56.1. The predicted molar refractivity (Wildman–Crippen MR) is 336 cm³/mol. The number of aromatic amines is 1. The van der Waals surface area contributed by atoms with E-state index in [1.807, 2.05) is 24.3 Å². The third kappa shape index (κ3) is 8.61. The van der Waals surface area contributed by atoms with E-state index in [0.717, 1.165) is 99.7 Å². The van der Waals surface area contributed by atoms with Gasteiger partial charge in [0.2, 0.25) is 0 Å². The fraction of sp³-hybridized carbons (Fsp3) is 0.270. The van der Waals surface area contributed by atoms with Gasteiger partial charge in [0, 0.05) is 56.2 Å². The highest BCUT2D eigenvalue weighted by Crippen LogP contribution is 2.56. The van der Waals surface area contributed by atoms with Crippen LogP contribution in [0.4, 0.5) is 0 Å². The maximum atomic E-state index is 15.5. The second-order valence-electron chi connectivity index (χ2n) is 26.6. The van der Waals surface area contributed by atoms with Crippen LogP contribution in [-0.4, -0.2) is 33.2 Å². The van der Waals surface area contributed by atoms with Crippen molar-refractivity contribution in [2.24, 2.45) is 0 Å². The zero-order chi connectivity index (χ0) is 56.5. The number of carbonyl (C=O) groups excluding carboxylic acids is 2. The summed E-state index contributed by atoms with van der Waals surface area (Å²) in [6.45, 7) is 29.2. The second-order valence-corrected chi connectivity index (χ2v) is 26.6. The van der Waals surface area contributed by atoms with Crippen LogP contribution in [0.5, 0.6) is 0 Å². The Hall–Kier alpha value is -8.22. The molecule has 0 bridgehead atoms. The van der Waals surface area contributed by atoms with Crippen molar-refractivity contribution in [1.29, 1.82) is 0 Å². The quantitative estimate of drug-likeness (QED) is 0.0934. The number of fused-ring (bicyclic) bond motifs is 2. The number of benzene rings is 9. The fourth-order valence-electron chi connectivity index (χ4n) is 12.4. The zero-order valence-electron chi connectivity index (χ0n) is 48.7. The number of imide groups is 1. The molecule has 0 unspecified atom stereocenters. The van der Waals surface area contributed by atoms with Crippen LogP contribution < -0.4 is 10.9 Å². The van der Waals surface area contributed by atoms with Crippen LogP contribution in [-0.2, 0) is 21.7 Å². The first-order chi connectivity index (χ1) is 37.9. The van der Waals surface area contributed by atoms with Crippen molar-refractivity contribution in [3.05, 3.63) is 201 Å². The van der Waals surface area contributed by atoms with Crippen LogP contribution >= 0.6 is 0 Å². The lowest BCUT2D eigenvalue weighted by Crippen LogP contribution is -2.41. The summed E-state index contributed by atoms with van der Waals surface area (Å²) in [6, 6.07) is 49.8. The average Bonchev–Trinajstić information content (AvgIpc) is 3.29. The van der Waals surface area contributed by atoms with Gasteiger partial charge >= 0.3 is 0 Å². The Morgan fingerprint density at radius 2 is 0.800 bits per heavy atom. The SMILES string of the molecule is CCCCN1C(=O)c2cc(-c3ccc(C(C)(C)C)cc3)c3c4c(-c5ccc(C(C)(C)C)cc5)cc5c(=O)[nH]/c(=C\c6ccccn6)c6cc(-c7ccc(C(C)(C)C)cc7)c(c7c(-c8ccc(C(C)(C)C)cc8)cc(c2c37)C1=O)c4c56. The second kappa shape index (κ2) is 18.7. The zero-order valence-corrected chi connectivity index (χ0v) is 48.7. The van der Waals surface area contributed by atoms with Crippen LogP contribution in [0.15, 0.2) is 151 Å². The smallest absolute Gasteiger partial charge is 0.261 e. The van der Waals surface area contributed by atoms with E-state index in [2.05, 4.69) is 216 Å². The molecule has 0 spiro atoms. The van der Waals surface area contributed by atoms with E-state index in [4.69, 9.17) is 4.98 Å². The predicted octanol–water partition coefficient (Wildman–Crippen LogP) is 17.8. The summed E-state index contributed by atoms with van der Waals surface area (Å²) in [6.07, 6.45) is 5.28. The van der Waals surface area contributed by atoms with Gasteiger partial charge < -0.3 is 4.98 Å². The number of nitrogens with one attached hydrogen (secondary N) is 1. The van der Waals surface area contributed by atoms with E-state index in [1.165, 1.54) is 27.2 Å². The van der Waals surface area contributed by atoms with E-state index < -0.39 is 0 Å². The number of hydrogen-bond donors (Lipinski definition) is 1. The van der Waals surface area contributed by atoms with Crippen molar-refractivity contribution in [3.8, 4) is 44.5 Å². The summed E-state index contributed by atoms with van der Waals surface area (Å²) in [7, 11) is 0. The van der Waals surface area contributed by atoms with Gasteiger partial charge in [-0.3, -0.25) is 24.3 Å². The summed E-state index contributed by atoms with van der Waals surface area (Å²) in [5.41, 5.74) is 13.4. The Bertz CT molecular complexity index is 4290. The standard InChI is InChI=1S/C74H71N3O3/c1-14-15-36-77-69(79)57-40-53(44-23-31-48(32-24-44)73(8,9)10)64-62-51(42-19-27-46(28-20-42)71(2,3)4)38-55-59(37-50-18-16-17-35-75-50)76-68(78)56-39-52(43-21-29-47(30-22-43)72(5,6)7)63(66(62)60(55)56)65-54(41-58(70(77)80)61(57)67(64)65)45-25-33-49(34-26-45)74(11,12)13/h16-35,37-41H,14-15,36H2,1-13H3,(H,76,78)/b59-37-. The molecule has 0 saturated carbocycles. The van der Waals surface area contributed by atoms with Crippen molar-refractivity contribution >= 4 is 71.8 Å². The number of nitrogens with zero attached hydrogens (tertiary/aromatic N) is 2. The third-order valence-corrected chi connectivity index (χ3v) is 17.0. The fourth-order valence-corrected chi connectivity index (χ4v) is 12.4. The molecule has 400 valence electrons. The number of unbranched alkanes of at least 4 members (excludes halogenated alkanes) is 1. The highest BCUT2D eigenvalue weighted by Gasteiger charge is 2.38. The summed E-state index contributed by atoms with van der Waals surface area (Å²) in [5.74, 6) is -0.562. The summed E-state index contributed by atoms with van der Waals surface area (Å²) < 4.78 is 0. The van der Waals surface area contributed by atoms with Gasteiger partial charge in [0.05, 0.1) is 11.0 Å². The molecule has 2 amide bonds. The molecular formula is C74H71N3O3. The minimum absolute atomic E-state index is 0.104. The monoisotopic (exact) mass is 1050 g/mol. The molecule has 0 saturated heterocycles. The maximum Gasteiger partial charge on any atom is 0.261 e. The van der Waals surface area contributed by atoms with Crippen LogP contribution in [0.1, 0.15) is 152 Å². The molecular weight excluding hydrogens is 979 g/mol. The van der Waals surface area contributed by atoms with Gasteiger partial charge in [-0.15, -0.1) is 0 Å². The molecule has 0 radical (unpaired) electrons. The Morgan fingerprint density at radius 1 is 0.425 bits per heavy atom. The normalized spacial score (nSPS) is 13.9. The number of amides is 2. The highest BCUT2D eigenvalue weighted by atomic mass is 16.2. The molecule has 0 atom stereocenters. The third-order valence-electron chi connectivity index (χ3n) is 17.0. The molecule has 6 heteroatoms. The number of aromatic nitrogens is 2. The molecule has 3 heterocycles. The van der Waals surface area contributed by atoms with Crippen molar-refractivity contribution < 1.29 is 9.59 Å². The van der Waals surface area contributed by atoms with Crippen molar-refractivity contribution in [2.75, 3.05) is 6.54 Å². The lowest BCUT2D eigenvalue weighted by Gasteiger charge is -2.32. The number of pyridine rings is 2. The van der Waals surface area contributed by atoms with Gasteiger partial charge in [-0.05, 0) is 159 Å². The summed E-state index contributed by atoms with van der Waals surface area (Å²) in [5, 5.41) is 9.19. The minimum atomic E-state index is -0.281. The van der Waals surface area contributed by atoms with Crippen molar-refractivity contribution in [3.63, 3.8) is 0 Å². The van der Waals surface area contributed by atoms with E-state index in [-0.39, 0.29) is 39.0 Å². The molecule has 0 fully saturated rings. The molecule has 1 N–H and O–H groups in total. The first-order valence-electron chi connectivity index (χ1n) is 28.5.